The number of carboxylic acids is 1. The van der Waals surface area contributed by atoms with E-state index in [-0.39, 0.29) is 29.6 Å². The minimum atomic E-state index is -2.42. The highest BCUT2D eigenvalue weighted by Crippen LogP contribution is 2.64. The molecule has 4 bridgehead atoms. The van der Waals surface area contributed by atoms with Gasteiger partial charge in [0, 0.05) is 18.4 Å². The van der Waals surface area contributed by atoms with Gasteiger partial charge in [0.15, 0.2) is 5.78 Å². The van der Waals surface area contributed by atoms with Crippen LogP contribution in [-0.2, 0) is 33.4 Å². The second-order valence-corrected chi connectivity index (χ2v) is 11.4. The number of rotatable bonds is 14. The highest BCUT2D eigenvalue weighted by molar-refractivity contribution is 6.14. The molecule has 0 spiro atoms. The van der Waals surface area contributed by atoms with Crippen LogP contribution < -0.4 is 0 Å². The summed E-state index contributed by atoms with van der Waals surface area (Å²) in [6.45, 7) is 3.77. The molecule has 3 N–H and O–H groups in total. The number of carbonyl (C=O) groups is 5. The highest BCUT2D eigenvalue weighted by Gasteiger charge is 2.72. The van der Waals surface area contributed by atoms with Crippen LogP contribution >= 0.6 is 0 Å². The molecule has 2 aliphatic carbocycles. The number of hydrogen-bond donors (Lipinski definition) is 3. The van der Waals surface area contributed by atoms with Gasteiger partial charge in [0.05, 0.1) is 23.5 Å². The number of aliphatic hydroxyl groups is 2. The monoisotopic (exact) mass is 570 g/mol. The summed E-state index contributed by atoms with van der Waals surface area (Å²) in [6, 6.07) is 0. The van der Waals surface area contributed by atoms with E-state index in [1.54, 1.807) is 12.2 Å². The number of Topliss-reactive ketones (excluding diaryl/α,β-unsaturated/α-hetero) is 1. The molecule has 0 saturated carbocycles. The Morgan fingerprint density at radius 3 is 2.46 bits per heavy atom. The summed E-state index contributed by atoms with van der Waals surface area (Å²) in [7, 11) is 0. The van der Waals surface area contributed by atoms with E-state index in [9.17, 15) is 39.3 Å². The van der Waals surface area contributed by atoms with Crippen molar-refractivity contribution in [3.8, 4) is 0 Å². The predicted octanol–water partition coefficient (Wildman–Crippen LogP) is 3.47. The number of cyclic esters (lactones) is 2. The van der Waals surface area contributed by atoms with Crippen molar-refractivity contribution in [2.75, 3.05) is 0 Å². The van der Waals surface area contributed by atoms with Gasteiger partial charge >= 0.3 is 23.9 Å². The maximum atomic E-state index is 13.4. The molecule has 0 radical (unpaired) electrons. The van der Waals surface area contributed by atoms with Crippen LogP contribution in [0.15, 0.2) is 47.1 Å². The zero-order chi connectivity index (χ0) is 29.9. The Morgan fingerprint density at radius 2 is 1.78 bits per heavy atom. The third-order valence-corrected chi connectivity index (χ3v) is 8.84. The van der Waals surface area contributed by atoms with Gasteiger partial charge in [0.25, 0.3) is 0 Å². The van der Waals surface area contributed by atoms with Gasteiger partial charge in [-0.15, -0.1) is 0 Å². The molecule has 41 heavy (non-hydrogen) atoms. The van der Waals surface area contributed by atoms with Crippen LogP contribution in [0.25, 0.3) is 0 Å². The average molecular weight is 571 g/mol. The molecule has 222 valence electrons. The molecule has 2 heterocycles. The number of allylic oxidation sites excluding steroid dienone is 5. The Balaban J connectivity index is 1.80. The number of fused-ring (bicyclic) bond motifs is 1. The van der Waals surface area contributed by atoms with Gasteiger partial charge in [-0.05, 0) is 57.8 Å². The maximum absolute atomic E-state index is 13.4. The lowest BCUT2D eigenvalue weighted by molar-refractivity contribution is -0.206. The lowest BCUT2D eigenvalue weighted by Gasteiger charge is -2.45. The van der Waals surface area contributed by atoms with Crippen LogP contribution in [0.2, 0.25) is 0 Å². The molecule has 10 nitrogen and oxygen atoms in total. The van der Waals surface area contributed by atoms with Crippen LogP contribution in [-0.4, -0.2) is 56.9 Å². The molecule has 0 aromatic carbocycles. The standard InChI is InChI=1S/C31H38O10/c1-3-5-7-8-9-11-12-18-14-23-30(17-24(34)35)16-20-25(28(37)40-27(20)36)26(31(23,39)41-29(30)38)19(18)15-22(33)21(32)13-10-6-4-2/h3-6,14,18-19,22,26,33,39H,7-13,15-17H2,1-2H3,(H,34,35)/b5-3+,6-4+/t18-,19+,22-,26?,30-,31?/m1/s1. The second-order valence-electron chi connectivity index (χ2n) is 11.4. The number of ketones is 1. The summed E-state index contributed by atoms with van der Waals surface area (Å²) in [4.78, 5) is 64.1. The molecule has 2 aliphatic heterocycles. The van der Waals surface area contributed by atoms with E-state index in [2.05, 4.69) is 6.08 Å². The first-order chi connectivity index (χ1) is 19.5. The van der Waals surface area contributed by atoms with Crippen molar-refractivity contribution in [3.05, 3.63) is 47.1 Å². The first-order valence-electron chi connectivity index (χ1n) is 14.3. The molecule has 0 aromatic rings. The molecule has 0 aromatic heterocycles. The predicted molar refractivity (Wildman–Crippen MR) is 145 cm³/mol. The zero-order valence-electron chi connectivity index (χ0n) is 23.5. The van der Waals surface area contributed by atoms with Crippen LogP contribution in [0.4, 0.5) is 0 Å². The molecule has 2 unspecified atom stereocenters. The lowest BCUT2D eigenvalue weighted by Crippen LogP contribution is -2.51. The van der Waals surface area contributed by atoms with E-state index >= 15 is 0 Å². The number of esters is 3. The first-order valence-corrected chi connectivity index (χ1v) is 14.3. The largest absolute Gasteiger partial charge is 0.481 e. The summed E-state index contributed by atoms with van der Waals surface area (Å²) in [5.41, 5.74) is -2.19. The van der Waals surface area contributed by atoms with Crippen molar-refractivity contribution >= 4 is 29.7 Å². The van der Waals surface area contributed by atoms with Gasteiger partial charge in [-0.3, -0.25) is 14.4 Å². The Kier molecular flexibility index (Phi) is 9.13. The van der Waals surface area contributed by atoms with E-state index in [4.69, 9.17) is 9.47 Å². The minimum Gasteiger partial charge on any atom is -0.481 e. The van der Waals surface area contributed by atoms with Crippen LogP contribution in [0.1, 0.15) is 78.1 Å². The summed E-state index contributed by atoms with van der Waals surface area (Å²) >= 11 is 0. The van der Waals surface area contributed by atoms with E-state index in [0.717, 1.165) is 25.7 Å². The van der Waals surface area contributed by atoms with E-state index in [0.29, 0.717) is 12.8 Å². The number of hydrogen-bond acceptors (Lipinski definition) is 9. The minimum absolute atomic E-state index is 0.0291. The van der Waals surface area contributed by atoms with Gasteiger partial charge in [-0.25, -0.2) is 9.59 Å². The van der Waals surface area contributed by atoms with Crippen LogP contribution in [0.3, 0.4) is 0 Å². The molecule has 6 atom stereocenters. The summed E-state index contributed by atoms with van der Waals surface area (Å²) in [6.07, 6.45) is 11.0. The van der Waals surface area contributed by atoms with Gasteiger partial charge in [0.2, 0.25) is 5.79 Å². The third-order valence-electron chi connectivity index (χ3n) is 8.84. The molecule has 1 fully saturated rings. The summed E-state index contributed by atoms with van der Waals surface area (Å²) in [5, 5.41) is 32.8. The van der Waals surface area contributed by atoms with Crippen LogP contribution in [0.5, 0.6) is 0 Å². The Labute approximate surface area is 238 Å². The number of carbonyl (C=O) groups excluding carboxylic acids is 4. The van der Waals surface area contributed by atoms with Crippen molar-refractivity contribution in [2.45, 2.75) is 89.9 Å². The van der Waals surface area contributed by atoms with Crippen molar-refractivity contribution in [1.29, 1.82) is 0 Å². The van der Waals surface area contributed by atoms with Gasteiger partial charge in [-0.2, -0.15) is 0 Å². The average Bonchev–Trinajstić information content (AvgIpc) is 3.26. The quantitative estimate of drug-likeness (QED) is 0.122. The number of ether oxygens (including phenoxy) is 2. The van der Waals surface area contributed by atoms with Crippen molar-refractivity contribution in [1.82, 2.24) is 0 Å². The van der Waals surface area contributed by atoms with E-state index in [1.165, 1.54) is 0 Å². The normalized spacial score (nSPS) is 31.3. The first kappa shape index (κ1) is 30.6. The highest BCUT2D eigenvalue weighted by atomic mass is 16.7. The fraction of sp³-hybridized carbons (Fsp3) is 0.581. The van der Waals surface area contributed by atoms with Crippen molar-refractivity contribution in [2.24, 2.45) is 23.2 Å². The molecule has 4 rings (SSSR count). The SMILES string of the molecule is C/C=C/CCCCC[C@@H]1C=C2C3(O)OC(=O)[C@@]2(CC(=O)O)CC2=C(C(=O)OC2=O)C3[C@H]1C[C@@H](O)C(=O)CC/C=C/C. The fourth-order valence-electron chi connectivity index (χ4n) is 6.96. The summed E-state index contributed by atoms with van der Waals surface area (Å²) in [5.74, 6) is -9.70. The number of aliphatic hydroxyl groups excluding tert-OH is 1. The topological polar surface area (TPSA) is 164 Å². The second kappa shape index (κ2) is 12.2. The summed E-state index contributed by atoms with van der Waals surface area (Å²) < 4.78 is 10.4. The van der Waals surface area contributed by atoms with Gasteiger partial charge in [-0.1, -0.05) is 43.2 Å². The molecular formula is C31H38O10. The number of aliphatic carboxylic acids is 1. The van der Waals surface area contributed by atoms with Crippen LogP contribution in [0, 0.1) is 23.2 Å². The number of carboxylic acid groups (broad SMARTS) is 1. The maximum Gasteiger partial charge on any atom is 0.343 e. The zero-order valence-corrected chi connectivity index (χ0v) is 23.5. The Bertz CT molecular complexity index is 1240. The van der Waals surface area contributed by atoms with Gasteiger partial charge < -0.3 is 24.8 Å². The van der Waals surface area contributed by atoms with Gasteiger partial charge in [0.1, 0.15) is 11.5 Å². The molecule has 1 saturated heterocycles. The number of unbranched alkanes of at least 4 members (excludes halogenated alkanes) is 3. The van der Waals surface area contributed by atoms with Crippen molar-refractivity contribution in [3.63, 3.8) is 0 Å². The smallest absolute Gasteiger partial charge is 0.343 e. The Hall–Kier alpha value is -3.37. The third kappa shape index (κ3) is 5.59. The fourth-order valence-corrected chi connectivity index (χ4v) is 6.96. The van der Waals surface area contributed by atoms with Crippen molar-refractivity contribution < 1.29 is 48.8 Å². The van der Waals surface area contributed by atoms with E-state index < -0.39 is 77.6 Å². The lowest BCUT2D eigenvalue weighted by atomic mass is 9.61. The van der Waals surface area contributed by atoms with E-state index in [1.807, 2.05) is 26.0 Å². The molecule has 0 amide bonds. The Morgan fingerprint density at radius 1 is 1.07 bits per heavy atom. The molecule has 10 heteroatoms. The molecule has 4 aliphatic rings. The molecular weight excluding hydrogens is 532 g/mol.